The molecule has 1 aromatic heterocycles. The van der Waals surface area contributed by atoms with Crippen LogP contribution >= 0.6 is 0 Å². The fourth-order valence-electron chi connectivity index (χ4n) is 2.37. The minimum absolute atomic E-state index is 0.0516. The lowest BCUT2D eigenvalue weighted by molar-refractivity contribution is -0.384. The highest BCUT2D eigenvalue weighted by molar-refractivity contribution is 6.02. The Kier molecular flexibility index (Phi) is 3.76. The maximum atomic E-state index is 12.0. The van der Waals surface area contributed by atoms with E-state index in [2.05, 4.69) is 9.97 Å². The summed E-state index contributed by atoms with van der Waals surface area (Å²) in [6.07, 6.45) is 0. The third-order valence-electron chi connectivity index (χ3n) is 3.36. The molecule has 0 atom stereocenters. The molecule has 0 saturated heterocycles. The minimum Gasteiger partial charge on any atom is -0.462 e. The molecule has 0 saturated carbocycles. The van der Waals surface area contributed by atoms with Crippen LogP contribution in [0.3, 0.4) is 0 Å². The first-order valence-electron chi connectivity index (χ1n) is 7.01. The summed E-state index contributed by atoms with van der Waals surface area (Å²) in [6, 6.07) is 11.4. The number of para-hydroxylation sites is 2. The van der Waals surface area contributed by atoms with Gasteiger partial charge in [0.05, 0.1) is 28.2 Å². The van der Waals surface area contributed by atoms with Crippen molar-refractivity contribution in [3.8, 4) is 11.4 Å². The highest BCUT2D eigenvalue weighted by atomic mass is 16.6. The summed E-state index contributed by atoms with van der Waals surface area (Å²) >= 11 is 0. The molecule has 23 heavy (non-hydrogen) atoms. The van der Waals surface area contributed by atoms with Crippen molar-refractivity contribution in [3.63, 3.8) is 0 Å². The molecule has 7 heteroatoms. The number of aromatic nitrogens is 2. The molecule has 1 heterocycles. The van der Waals surface area contributed by atoms with Gasteiger partial charge in [0.2, 0.25) is 0 Å². The Labute approximate surface area is 131 Å². The SMILES string of the molecule is CCOC(=O)c1cccc2[nH]c(-c3ccccc3[N+](=O)[O-])nc12. The van der Waals surface area contributed by atoms with Crippen LogP contribution in [0, 0.1) is 10.1 Å². The van der Waals surface area contributed by atoms with Gasteiger partial charge < -0.3 is 9.72 Å². The molecule has 1 N–H and O–H groups in total. The lowest BCUT2D eigenvalue weighted by atomic mass is 10.2. The molecule has 0 aliphatic rings. The number of nitrogens with zero attached hydrogens (tertiary/aromatic N) is 2. The lowest BCUT2D eigenvalue weighted by Gasteiger charge is -2.01. The molecule has 2 aromatic carbocycles. The van der Waals surface area contributed by atoms with Crippen LogP contribution in [0.5, 0.6) is 0 Å². The van der Waals surface area contributed by atoms with Crippen molar-refractivity contribution in [3.05, 3.63) is 58.1 Å². The predicted molar refractivity (Wildman–Crippen MR) is 84.1 cm³/mol. The second-order valence-corrected chi connectivity index (χ2v) is 4.78. The summed E-state index contributed by atoms with van der Waals surface area (Å²) in [5.74, 6) is -0.136. The van der Waals surface area contributed by atoms with Gasteiger partial charge in [-0.05, 0) is 25.1 Å². The number of imidazole rings is 1. The average Bonchev–Trinajstić information content (AvgIpc) is 2.98. The number of hydrogen-bond donors (Lipinski definition) is 1. The van der Waals surface area contributed by atoms with E-state index in [1.807, 2.05) is 0 Å². The summed E-state index contributed by atoms with van der Waals surface area (Å²) in [5.41, 5.74) is 1.68. The zero-order chi connectivity index (χ0) is 16.4. The van der Waals surface area contributed by atoms with Crippen molar-refractivity contribution in [2.24, 2.45) is 0 Å². The number of ether oxygens (including phenoxy) is 1. The molecule has 7 nitrogen and oxygen atoms in total. The average molecular weight is 311 g/mol. The highest BCUT2D eigenvalue weighted by Crippen LogP contribution is 2.29. The maximum absolute atomic E-state index is 12.0. The van der Waals surface area contributed by atoms with E-state index in [1.165, 1.54) is 6.07 Å². The first-order valence-corrected chi connectivity index (χ1v) is 7.01. The fourth-order valence-corrected chi connectivity index (χ4v) is 2.37. The third kappa shape index (κ3) is 2.64. The summed E-state index contributed by atoms with van der Waals surface area (Å²) in [7, 11) is 0. The van der Waals surface area contributed by atoms with E-state index in [9.17, 15) is 14.9 Å². The summed E-state index contributed by atoms with van der Waals surface area (Å²) in [4.78, 5) is 30.1. The molecule has 3 rings (SSSR count). The molecule has 0 bridgehead atoms. The van der Waals surface area contributed by atoms with Crippen molar-refractivity contribution in [1.29, 1.82) is 0 Å². The minimum atomic E-state index is -0.473. The Hall–Kier alpha value is -3.22. The number of hydrogen-bond acceptors (Lipinski definition) is 5. The van der Waals surface area contributed by atoms with Crippen LogP contribution in [0.1, 0.15) is 17.3 Å². The molecular weight excluding hydrogens is 298 g/mol. The molecule has 0 aliphatic heterocycles. The van der Waals surface area contributed by atoms with Gasteiger partial charge in [-0.1, -0.05) is 18.2 Å². The van der Waals surface area contributed by atoms with Crippen LogP contribution < -0.4 is 0 Å². The molecule has 0 unspecified atom stereocenters. The van der Waals surface area contributed by atoms with E-state index in [0.29, 0.717) is 28.0 Å². The first kappa shape index (κ1) is 14.7. The highest BCUT2D eigenvalue weighted by Gasteiger charge is 2.20. The number of nitro benzene ring substituents is 1. The number of nitro groups is 1. The van der Waals surface area contributed by atoms with Gasteiger partial charge in [0, 0.05) is 6.07 Å². The lowest BCUT2D eigenvalue weighted by Crippen LogP contribution is -2.05. The molecule has 116 valence electrons. The predicted octanol–water partition coefficient (Wildman–Crippen LogP) is 3.31. The van der Waals surface area contributed by atoms with Crippen LogP contribution in [0.2, 0.25) is 0 Å². The molecular formula is C16H13N3O4. The summed E-state index contributed by atoms with van der Waals surface area (Å²) in [5, 5.41) is 11.2. The van der Waals surface area contributed by atoms with E-state index >= 15 is 0 Å². The number of aromatic amines is 1. The number of fused-ring (bicyclic) bond motifs is 1. The monoisotopic (exact) mass is 311 g/mol. The van der Waals surface area contributed by atoms with Gasteiger partial charge in [0.15, 0.2) is 0 Å². The number of carbonyl (C=O) groups excluding carboxylic acids is 1. The van der Waals surface area contributed by atoms with Gasteiger partial charge in [-0.15, -0.1) is 0 Å². The Balaban J connectivity index is 2.17. The molecule has 0 amide bonds. The van der Waals surface area contributed by atoms with Crippen LogP contribution in [-0.4, -0.2) is 27.5 Å². The number of carbonyl (C=O) groups is 1. The van der Waals surface area contributed by atoms with Crippen molar-refractivity contribution < 1.29 is 14.5 Å². The normalized spacial score (nSPS) is 10.7. The van der Waals surface area contributed by atoms with E-state index in [0.717, 1.165) is 0 Å². The smallest absolute Gasteiger partial charge is 0.340 e. The number of benzene rings is 2. The van der Waals surface area contributed by atoms with E-state index in [1.54, 1.807) is 43.3 Å². The summed E-state index contributed by atoms with van der Waals surface area (Å²) < 4.78 is 5.01. The molecule has 3 aromatic rings. The van der Waals surface area contributed by atoms with Gasteiger partial charge in [0.25, 0.3) is 5.69 Å². The zero-order valence-electron chi connectivity index (χ0n) is 12.3. The fraction of sp³-hybridized carbons (Fsp3) is 0.125. The first-order chi connectivity index (χ1) is 11.1. The zero-order valence-corrected chi connectivity index (χ0v) is 12.3. The number of esters is 1. The van der Waals surface area contributed by atoms with Crippen LogP contribution in [0.4, 0.5) is 5.69 Å². The van der Waals surface area contributed by atoms with E-state index in [-0.39, 0.29) is 12.3 Å². The second-order valence-electron chi connectivity index (χ2n) is 4.78. The Bertz CT molecular complexity index is 901. The van der Waals surface area contributed by atoms with Gasteiger partial charge in [0.1, 0.15) is 11.3 Å². The van der Waals surface area contributed by atoms with Crippen LogP contribution in [-0.2, 0) is 4.74 Å². The van der Waals surface area contributed by atoms with Crippen molar-refractivity contribution >= 4 is 22.7 Å². The van der Waals surface area contributed by atoms with Gasteiger partial charge >= 0.3 is 5.97 Å². The Morgan fingerprint density at radius 3 is 2.78 bits per heavy atom. The third-order valence-corrected chi connectivity index (χ3v) is 3.36. The van der Waals surface area contributed by atoms with Gasteiger partial charge in [-0.3, -0.25) is 10.1 Å². The van der Waals surface area contributed by atoms with Gasteiger partial charge in [-0.2, -0.15) is 0 Å². The largest absolute Gasteiger partial charge is 0.462 e. The number of rotatable bonds is 4. The number of nitrogens with one attached hydrogen (secondary N) is 1. The van der Waals surface area contributed by atoms with Gasteiger partial charge in [-0.25, -0.2) is 9.78 Å². The van der Waals surface area contributed by atoms with Crippen LogP contribution in [0.25, 0.3) is 22.4 Å². The number of H-pyrrole nitrogens is 1. The topological polar surface area (TPSA) is 98.1 Å². The second kappa shape index (κ2) is 5.88. The maximum Gasteiger partial charge on any atom is 0.340 e. The summed E-state index contributed by atoms with van der Waals surface area (Å²) in [6.45, 7) is 1.98. The van der Waals surface area contributed by atoms with Crippen molar-refractivity contribution in [1.82, 2.24) is 9.97 Å². The molecule has 0 fully saturated rings. The van der Waals surface area contributed by atoms with Crippen LogP contribution in [0.15, 0.2) is 42.5 Å². The van der Waals surface area contributed by atoms with Crippen molar-refractivity contribution in [2.45, 2.75) is 6.92 Å². The van der Waals surface area contributed by atoms with E-state index < -0.39 is 10.9 Å². The Morgan fingerprint density at radius 1 is 1.26 bits per heavy atom. The Morgan fingerprint density at radius 2 is 2.04 bits per heavy atom. The molecule has 0 radical (unpaired) electrons. The van der Waals surface area contributed by atoms with E-state index in [4.69, 9.17) is 4.74 Å². The van der Waals surface area contributed by atoms with Crippen molar-refractivity contribution in [2.75, 3.05) is 6.61 Å². The standard InChI is InChI=1S/C16H13N3O4/c1-2-23-16(20)11-7-5-8-12-14(11)18-15(17-12)10-6-3-4-9-13(10)19(21)22/h3-9H,2H2,1H3,(H,17,18). The molecule has 0 aliphatic carbocycles. The molecule has 0 spiro atoms. The quantitative estimate of drug-likeness (QED) is 0.453.